The molecule has 4 rings (SSSR count). The topological polar surface area (TPSA) is 63.8 Å². The largest absolute Gasteiger partial charge is 0.391 e. The molecule has 3 heterocycles. The van der Waals surface area contributed by atoms with E-state index in [4.69, 9.17) is 9.36 Å². The Morgan fingerprint density at radius 2 is 2.00 bits per heavy atom. The Hall–Kier alpha value is -1.43. The predicted molar refractivity (Wildman–Crippen MR) is 86.4 cm³/mol. The average molecular weight is 318 g/mol. The summed E-state index contributed by atoms with van der Waals surface area (Å²) in [6.45, 7) is 5.43. The highest BCUT2D eigenvalue weighted by molar-refractivity contribution is 5.85. The van der Waals surface area contributed by atoms with Crippen molar-refractivity contribution >= 4 is 5.71 Å². The molecule has 1 aliphatic carbocycles. The monoisotopic (exact) mass is 318 g/mol. The fourth-order valence-electron chi connectivity index (χ4n) is 3.56. The number of oxime groups is 1. The number of aromatic nitrogens is 2. The van der Waals surface area contributed by atoms with Gasteiger partial charge in [0.25, 0.3) is 0 Å². The lowest BCUT2D eigenvalue weighted by atomic mass is 9.93. The minimum atomic E-state index is 0.264. The Bertz CT molecular complexity index is 559. The van der Waals surface area contributed by atoms with E-state index in [-0.39, 0.29) is 6.10 Å². The molecule has 2 fully saturated rings. The first-order chi connectivity index (χ1) is 11.3. The smallest absolute Gasteiger partial charge is 0.229 e. The van der Waals surface area contributed by atoms with E-state index in [0.29, 0.717) is 11.8 Å². The van der Waals surface area contributed by atoms with Crippen molar-refractivity contribution in [1.29, 1.82) is 0 Å². The summed E-state index contributed by atoms with van der Waals surface area (Å²) >= 11 is 0. The summed E-state index contributed by atoms with van der Waals surface area (Å²) in [5.74, 6) is 3.01. The van der Waals surface area contributed by atoms with E-state index in [1.165, 1.54) is 31.4 Å². The van der Waals surface area contributed by atoms with E-state index in [9.17, 15) is 0 Å². The van der Waals surface area contributed by atoms with E-state index in [0.717, 1.165) is 50.6 Å². The second-order valence-electron chi connectivity index (χ2n) is 7.21. The average Bonchev–Trinajstić information content (AvgIpc) is 3.15. The van der Waals surface area contributed by atoms with Crippen LogP contribution in [0.3, 0.4) is 0 Å². The number of nitrogens with zero attached hydrogens (tertiary/aromatic N) is 4. The summed E-state index contributed by atoms with van der Waals surface area (Å²) < 4.78 is 5.36. The number of hydrogen-bond donors (Lipinski definition) is 0. The number of rotatable bonds is 6. The van der Waals surface area contributed by atoms with Gasteiger partial charge in [-0.25, -0.2) is 0 Å². The maximum Gasteiger partial charge on any atom is 0.229 e. The molecular formula is C17H26N4O2. The summed E-state index contributed by atoms with van der Waals surface area (Å²) in [4.78, 5) is 12.6. The third-order valence-corrected chi connectivity index (χ3v) is 5.25. The molecule has 6 nitrogen and oxygen atoms in total. The maximum atomic E-state index is 5.53. The minimum absolute atomic E-state index is 0.264. The van der Waals surface area contributed by atoms with Crippen LogP contribution in [0.2, 0.25) is 0 Å². The standard InChI is InChI=1S/C17H26N4O2/c1-2-14-10-15(22-19-14)11-21-7-5-12(6-8-21)9-16-18-17(23-20-16)13-3-4-13/h12-13,15H,2-11H2,1H3/t15-/m0/s1. The second kappa shape index (κ2) is 6.59. The Kier molecular flexibility index (Phi) is 4.33. The van der Waals surface area contributed by atoms with Gasteiger partial charge in [-0.3, -0.25) is 4.90 Å². The van der Waals surface area contributed by atoms with E-state index in [1.54, 1.807) is 0 Å². The summed E-state index contributed by atoms with van der Waals surface area (Å²) in [5.41, 5.74) is 1.20. The van der Waals surface area contributed by atoms with Crippen molar-refractivity contribution in [2.24, 2.45) is 11.1 Å². The third-order valence-electron chi connectivity index (χ3n) is 5.25. The molecule has 0 aromatic carbocycles. The van der Waals surface area contributed by atoms with Gasteiger partial charge in [0.15, 0.2) is 5.82 Å². The molecule has 0 bridgehead atoms. The highest BCUT2D eigenvalue weighted by Gasteiger charge is 2.30. The van der Waals surface area contributed by atoms with Gasteiger partial charge in [0.2, 0.25) is 5.89 Å². The fraction of sp³-hybridized carbons (Fsp3) is 0.824. The first kappa shape index (κ1) is 15.1. The molecule has 3 aliphatic rings. The number of piperidine rings is 1. The van der Waals surface area contributed by atoms with Crippen LogP contribution in [0.5, 0.6) is 0 Å². The van der Waals surface area contributed by atoms with Crippen molar-refractivity contribution in [3.8, 4) is 0 Å². The Balaban J connectivity index is 1.20. The van der Waals surface area contributed by atoms with E-state index in [2.05, 4.69) is 27.1 Å². The van der Waals surface area contributed by atoms with Gasteiger partial charge in [-0.15, -0.1) is 0 Å². The molecule has 1 aromatic heterocycles. The third kappa shape index (κ3) is 3.74. The van der Waals surface area contributed by atoms with Gasteiger partial charge < -0.3 is 9.36 Å². The first-order valence-corrected chi connectivity index (χ1v) is 9.06. The quantitative estimate of drug-likeness (QED) is 0.807. The molecular weight excluding hydrogens is 292 g/mol. The van der Waals surface area contributed by atoms with Gasteiger partial charge in [-0.2, -0.15) is 4.98 Å². The van der Waals surface area contributed by atoms with E-state index >= 15 is 0 Å². The Labute approximate surface area is 137 Å². The fourth-order valence-corrected chi connectivity index (χ4v) is 3.56. The van der Waals surface area contributed by atoms with Crippen LogP contribution in [0.25, 0.3) is 0 Å². The molecule has 6 heteroatoms. The van der Waals surface area contributed by atoms with Gasteiger partial charge in [-0.1, -0.05) is 17.2 Å². The van der Waals surface area contributed by atoms with Gasteiger partial charge >= 0.3 is 0 Å². The van der Waals surface area contributed by atoms with E-state index in [1.807, 2.05) is 0 Å². The molecule has 1 saturated heterocycles. The molecule has 0 amide bonds. The van der Waals surface area contributed by atoms with Gasteiger partial charge in [0, 0.05) is 25.3 Å². The zero-order valence-corrected chi connectivity index (χ0v) is 13.9. The summed E-state index contributed by atoms with van der Waals surface area (Å²) in [6, 6.07) is 0. The summed E-state index contributed by atoms with van der Waals surface area (Å²) in [6.07, 6.45) is 8.09. The molecule has 0 N–H and O–H groups in total. The number of hydrogen-bond acceptors (Lipinski definition) is 6. The maximum absolute atomic E-state index is 5.53. The lowest BCUT2D eigenvalue weighted by molar-refractivity contribution is 0.0418. The van der Waals surface area contributed by atoms with Crippen molar-refractivity contribution in [3.05, 3.63) is 11.7 Å². The van der Waals surface area contributed by atoms with Gasteiger partial charge in [-0.05, 0) is 51.1 Å². The van der Waals surface area contributed by atoms with Crippen LogP contribution < -0.4 is 0 Å². The molecule has 0 unspecified atom stereocenters. The Morgan fingerprint density at radius 3 is 2.70 bits per heavy atom. The van der Waals surface area contributed by atoms with Crippen LogP contribution in [0.15, 0.2) is 9.68 Å². The molecule has 0 radical (unpaired) electrons. The highest BCUT2D eigenvalue weighted by atomic mass is 16.6. The van der Waals surface area contributed by atoms with Crippen LogP contribution in [0, 0.1) is 5.92 Å². The molecule has 126 valence electrons. The molecule has 1 saturated carbocycles. The van der Waals surface area contributed by atoms with Crippen LogP contribution >= 0.6 is 0 Å². The summed E-state index contributed by atoms with van der Waals surface area (Å²) in [5, 5.41) is 8.31. The van der Waals surface area contributed by atoms with Crippen molar-refractivity contribution in [3.63, 3.8) is 0 Å². The zero-order chi connectivity index (χ0) is 15.6. The SMILES string of the molecule is CCC1=NO[C@H](CN2CCC(Cc3noc(C4CC4)n3)CC2)C1. The van der Waals surface area contributed by atoms with Crippen LogP contribution in [0.1, 0.15) is 63.1 Å². The lowest BCUT2D eigenvalue weighted by Gasteiger charge is -2.32. The first-order valence-electron chi connectivity index (χ1n) is 9.06. The Morgan fingerprint density at radius 1 is 1.17 bits per heavy atom. The molecule has 1 atom stereocenters. The number of likely N-dealkylation sites (tertiary alicyclic amines) is 1. The highest BCUT2D eigenvalue weighted by Crippen LogP contribution is 2.39. The minimum Gasteiger partial charge on any atom is -0.391 e. The zero-order valence-electron chi connectivity index (χ0n) is 13.9. The lowest BCUT2D eigenvalue weighted by Crippen LogP contribution is -2.39. The predicted octanol–water partition coefficient (Wildman–Crippen LogP) is 2.76. The summed E-state index contributed by atoms with van der Waals surface area (Å²) in [7, 11) is 0. The normalized spacial score (nSPS) is 26.3. The van der Waals surface area contributed by atoms with Crippen LogP contribution in [-0.2, 0) is 11.3 Å². The van der Waals surface area contributed by atoms with Crippen molar-refractivity contribution in [2.45, 2.75) is 63.9 Å². The van der Waals surface area contributed by atoms with Gasteiger partial charge in [0.05, 0.1) is 5.71 Å². The van der Waals surface area contributed by atoms with Crippen molar-refractivity contribution in [2.75, 3.05) is 19.6 Å². The molecule has 1 aromatic rings. The van der Waals surface area contributed by atoms with E-state index < -0.39 is 0 Å². The van der Waals surface area contributed by atoms with Crippen molar-refractivity contribution < 1.29 is 9.36 Å². The molecule has 0 spiro atoms. The van der Waals surface area contributed by atoms with Crippen molar-refractivity contribution in [1.82, 2.24) is 15.0 Å². The molecule has 23 heavy (non-hydrogen) atoms. The molecule has 2 aliphatic heterocycles. The van der Waals surface area contributed by atoms with Gasteiger partial charge in [0.1, 0.15) is 6.10 Å². The van der Waals surface area contributed by atoms with Crippen LogP contribution in [-0.4, -0.2) is 46.5 Å². The van der Waals surface area contributed by atoms with Crippen LogP contribution in [0.4, 0.5) is 0 Å². The second-order valence-corrected chi connectivity index (χ2v) is 7.21.